The van der Waals surface area contributed by atoms with E-state index in [4.69, 9.17) is 0 Å². The van der Waals surface area contributed by atoms with E-state index in [9.17, 15) is 26.4 Å². The molecule has 7 nitrogen and oxygen atoms in total. The third kappa shape index (κ3) is 4.80. The van der Waals surface area contributed by atoms with Gasteiger partial charge >= 0.3 is 6.36 Å². The first kappa shape index (κ1) is 19.7. The van der Waals surface area contributed by atoms with E-state index in [0.29, 0.717) is 11.3 Å². The Morgan fingerprint density at radius 1 is 1.11 bits per heavy atom. The van der Waals surface area contributed by atoms with E-state index in [1.807, 2.05) is 0 Å². The minimum absolute atomic E-state index is 0.0211. The highest BCUT2D eigenvalue weighted by Crippen LogP contribution is 2.24. The number of carbonyl (C=O) groups is 1. The number of anilines is 1. The van der Waals surface area contributed by atoms with E-state index in [-0.39, 0.29) is 23.7 Å². The van der Waals surface area contributed by atoms with Gasteiger partial charge in [0.25, 0.3) is 10.0 Å². The van der Waals surface area contributed by atoms with Gasteiger partial charge in [-0.15, -0.1) is 13.2 Å². The van der Waals surface area contributed by atoms with Crippen LogP contribution in [0.5, 0.6) is 5.75 Å². The molecule has 0 saturated carbocycles. The molecule has 148 valence electrons. The fourth-order valence-corrected chi connectivity index (χ4v) is 3.73. The van der Waals surface area contributed by atoms with Gasteiger partial charge in [0.15, 0.2) is 0 Å². The molecule has 0 atom stereocenters. The Labute approximate surface area is 158 Å². The standard InChI is InChI=1S/C17H14F3N3O4S/c18-17(19,20)27-12-7-5-11(6-8-12)22-15(24)9-10-21-16-13-3-1-2-4-14(13)28(25,26)23-16/h1-8H,9-10H2,(H,21,23)(H,22,24). The predicted molar refractivity (Wildman–Crippen MR) is 94.5 cm³/mol. The topological polar surface area (TPSA) is 96.9 Å². The maximum absolute atomic E-state index is 12.1. The second kappa shape index (κ2) is 7.50. The van der Waals surface area contributed by atoms with Crippen molar-refractivity contribution >= 4 is 27.5 Å². The molecule has 0 spiro atoms. The van der Waals surface area contributed by atoms with E-state index in [1.165, 1.54) is 18.2 Å². The van der Waals surface area contributed by atoms with Crippen molar-refractivity contribution in [1.29, 1.82) is 0 Å². The summed E-state index contributed by atoms with van der Waals surface area (Å²) in [4.78, 5) is 16.2. The smallest absolute Gasteiger partial charge is 0.406 e. The summed E-state index contributed by atoms with van der Waals surface area (Å²) in [5, 5.41) is 2.51. The van der Waals surface area contributed by atoms with Crippen LogP contribution in [0.15, 0.2) is 58.4 Å². The van der Waals surface area contributed by atoms with Crippen molar-refractivity contribution < 1.29 is 31.1 Å². The molecule has 2 aromatic carbocycles. The van der Waals surface area contributed by atoms with Gasteiger partial charge in [-0.2, -0.15) is 0 Å². The van der Waals surface area contributed by atoms with Crippen LogP contribution >= 0.6 is 0 Å². The van der Waals surface area contributed by atoms with Gasteiger partial charge in [0.05, 0.1) is 11.4 Å². The molecule has 2 N–H and O–H groups in total. The Morgan fingerprint density at radius 2 is 1.79 bits per heavy atom. The summed E-state index contributed by atoms with van der Waals surface area (Å²) in [6.07, 6.45) is -4.83. The number of sulfonamides is 1. The SMILES string of the molecule is O=C(CCN=C1NS(=O)(=O)c2ccccc21)Nc1ccc(OC(F)(F)F)cc1. The van der Waals surface area contributed by atoms with Crippen molar-refractivity contribution in [2.24, 2.45) is 4.99 Å². The monoisotopic (exact) mass is 413 g/mol. The van der Waals surface area contributed by atoms with Crippen molar-refractivity contribution in [3.63, 3.8) is 0 Å². The molecule has 1 aliphatic heterocycles. The van der Waals surface area contributed by atoms with Gasteiger partial charge in [-0.25, -0.2) is 8.42 Å². The van der Waals surface area contributed by atoms with E-state index in [1.54, 1.807) is 18.2 Å². The molecule has 28 heavy (non-hydrogen) atoms. The summed E-state index contributed by atoms with van der Waals surface area (Å²) < 4.78 is 66.3. The molecule has 0 bridgehead atoms. The van der Waals surface area contributed by atoms with Gasteiger partial charge in [-0.1, -0.05) is 12.1 Å². The first-order chi connectivity index (χ1) is 13.1. The molecule has 0 unspecified atom stereocenters. The number of alkyl halides is 3. The number of aliphatic imine (C=N–C) groups is 1. The second-order valence-corrected chi connectivity index (χ2v) is 7.35. The molecule has 0 aliphatic carbocycles. The van der Waals surface area contributed by atoms with Crippen LogP contribution in [0.25, 0.3) is 0 Å². The zero-order chi connectivity index (χ0) is 20.4. The number of hydrogen-bond acceptors (Lipinski definition) is 5. The normalized spacial score (nSPS) is 16.3. The lowest BCUT2D eigenvalue weighted by molar-refractivity contribution is -0.274. The van der Waals surface area contributed by atoms with Crippen LogP contribution in [-0.4, -0.2) is 33.1 Å². The minimum atomic E-state index is -4.79. The Hall–Kier alpha value is -3.08. The number of nitrogens with zero attached hydrogens (tertiary/aromatic N) is 1. The summed E-state index contributed by atoms with van der Waals surface area (Å²) in [7, 11) is -3.64. The Balaban J connectivity index is 1.56. The Kier molecular flexibility index (Phi) is 5.27. The minimum Gasteiger partial charge on any atom is -0.406 e. The zero-order valence-corrected chi connectivity index (χ0v) is 15.0. The lowest BCUT2D eigenvalue weighted by Gasteiger charge is -2.09. The van der Waals surface area contributed by atoms with Crippen molar-refractivity contribution in [1.82, 2.24) is 4.72 Å². The summed E-state index contributed by atoms with van der Waals surface area (Å²) in [6.45, 7) is 0.0211. The highest BCUT2D eigenvalue weighted by Gasteiger charge is 2.31. The van der Waals surface area contributed by atoms with E-state index in [0.717, 1.165) is 12.1 Å². The van der Waals surface area contributed by atoms with Crippen molar-refractivity contribution in [3.05, 3.63) is 54.1 Å². The number of carbonyl (C=O) groups excluding carboxylic acids is 1. The first-order valence-electron chi connectivity index (χ1n) is 7.96. The largest absolute Gasteiger partial charge is 0.573 e. The second-order valence-electron chi connectivity index (χ2n) is 5.70. The quantitative estimate of drug-likeness (QED) is 0.788. The lowest BCUT2D eigenvalue weighted by Crippen LogP contribution is -2.23. The number of ether oxygens (including phenoxy) is 1. The number of amidine groups is 1. The molecule has 11 heteroatoms. The van der Waals surface area contributed by atoms with E-state index in [2.05, 4.69) is 19.8 Å². The number of benzene rings is 2. The zero-order valence-electron chi connectivity index (χ0n) is 14.2. The summed E-state index contributed by atoms with van der Waals surface area (Å²) in [5.41, 5.74) is 0.724. The highest BCUT2D eigenvalue weighted by atomic mass is 32.2. The van der Waals surface area contributed by atoms with Gasteiger partial charge in [0.1, 0.15) is 11.6 Å². The van der Waals surface area contributed by atoms with Crippen molar-refractivity contribution in [2.75, 3.05) is 11.9 Å². The number of fused-ring (bicyclic) bond motifs is 1. The van der Waals surface area contributed by atoms with Crippen molar-refractivity contribution in [3.8, 4) is 5.75 Å². The van der Waals surface area contributed by atoms with Gasteiger partial charge in [0, 0.05) is 17.7 Å². The fourth-order valence-electron chi connectivity index (χ4n) is 2.48. The molecule has 3 rings (SSSR count). The summed E-state index contributed by atoms with van der Waals surface area (Å²) >= 11 is 0. The van der Waals surface area contributed by atoms with Crippen LogP contribution in [0.1, 0.15) is 12.0 Å². The predicted octanol–water partition coefficient (Wildman–Crippen LogP) is 2.65. The third-order valence-electron chi connectivity index (χ3n) is 3.64. The van der Waals surface area contributed by atoms with Gasteiger partial charge in [-0.3, -0.25) is 14.5 Å². The lowest BCUT2D eigenvalue weighted by atomic mass is 10.2. The summed E-state index contributed by atoms with van der Waals surface area (Å²) in [6, 6.07) is 11.0. The van der Waals surface area contributed by atoms with Crippen molar-refractivity contribution in [2.45, 2.75) is 17.7 Å². The molecular weight excluding hydrogens is 399 g/mol. The number of amides is 1. The van der Waals surface area contributed by atoms with Crippen LogP contribution < -0.4 is 14.8 Å². The van der Waals surface area contributed by atoms with Crippen LogP contribution in [-0.2, 0) is 14.8 Å². The van der Waals surface area contributed by atoms with Gasteiger partial charge in [0.2, 0.25) is 5.91 Å². The number of rotatable bonds is 5. The Morgan fingerprint density at radius 3 is 2.46 bits per heavy atom. The third-order valence-corrected chi connectivity index (χ3v) is 5.04. The molecule has 1 heterocycles. The average molecular weight is 413 g/mol. The van der Waals surface area contributed by atoms with E-state index < -0.39 is 28.0 Å². The maximum atomic E-state index is 12.1. The van der Waals surface area contributed by atoms with Crippen LogP contribution in [0, 0.1) is 0 Å². The maximum Gasteiger partial charge on any atom is 0.573 e. The number of nitrogens with one attached hydrogen (secondary N) is 2. The molecule has 1 aliphatic rings. The molecule has 0 aromatic heterocycles. The highest BCUT2D eigenvalue weighted by molar-refractivity contribution is 7.90. The summed E-state index contributed by atoms with van der Waals surface area (Å²) in [5.74, 6) is -0.663. The molecule has 0 saturated heterocycles. The van der Waals surface area contributed by atoms with Gasteiger partial charge in [-0.05, 0) is 36.4 Å². The molecule has 1 amide bonds. The number of halogens is 3. The average Bonchev–Trinajstić information content (AvgIpc) is 2.87. The molecule has 0 radical (unpaired) electrons. The van der Waals surface area contributed by atoms with Crippen LogP contribution in [0.3, 0.4) is 0 Å². The number of hydrogen-bond donors (Lipinski definition) is 2. The van der Waals surface area contributed by atoms with E-state index >= 15 is 0 Å². The first-order valence-corrected chi connectivity index (χ1v) is 9.45. The molecular formula is C17H14F3N3O4S. The fraction of sp³-hybridized carbons (Fsp3) is 0.176. The van der Waals surface area contributed by atoms with Crippen LogP contribution in [0.2, 0.25) is 0 Å². The van der Waals surface area contributed by atoms with Crippen LogP contribution in [0.4, 0.5) is 18.9 Å². The molecule has 0 fully saturated rings. The molecule has 2 aromatic rings. The van der Waals surface area contributed by atoms with Gasteiger partial charge < -0.3 is 10.1 Å². The Bertz CT molecular complexity index is 1020.